The van der Waals surface area contributed by atoms with Gasteiger partial charge in [-0.05, 0) is 38.0 Å². The van der Waals surface area contributed by atoms with Gasteiger partial charge in [0.05, 0.1) is 17.4 Å². The van der Waals surface area contributed by atoms with Crippen LogP contribution in [0.1, 0.15) is 29.0 Å². The summed E-state index contributed by atoms with van der Waals surface area (Å²) in [6, 6.07) is 7.12. The number of imidazole rings is 1. The summed E-state index contributed by atoms with van der Waals surface area (Å²) in [6.07, 6.45) is 2.86. The number of amides is 2. The summed E-state index contributed by atoms with van der Waals surface area (Å²) < 4.78 is 4.95. The van der Waals surface area contributed by atoms with Gasteiger partial charge >= 0.3 is 0 Å². The molecule has 2 amide bonds. The molecule has 1 aliphatic heterocycles. The number of aromatic amines is 1. The topological polar surface area (TPSA) is 104 Å². The Morgan fingerprint density at radius 1 is 1.27 bits per heavy atom. The Labute approximate surface area is 149 Å². The van der Waals surface area contributed by atoms with Gasteiger partial charge < -0.3 is 19.7 Å². The Morgan fingerprint density at radius 3 is 2.81 bits per heavy atom. The number of piperidine rings is 1. The van der Waals surface area contributed by atoms with Crippen molar-refractivity contribution in [1.82, 2.24) is 20.0 Å². The summed E-state index contributed by atoms with van der Waals surface area (Å²) in [5.41, 5.74) is 2.30. The zero-order valence-corrected chi connectivity index (χ0v) is 14.4. The lowest BCUT2D eigenvalue weighted by atomic mass is 9.95. The van der Waals surface area contributed by atoms with Gasteiger partial charge in [0, 0.05) is 30.6 Å². The molecule has 1 saturated heterocycles. The number of fused-ring (bicyclic) bond motifs is 1. The van der Waals surface area contributed by atoms with Crippen LogP contribution in [0.15, 0.2) is 35.1 Å². The van der Waals surface area contributed by atoms with Crippen molar-refractivity contribution in [3.05, 3.63) is 41.9 Å². The van der Waals surface area contributed by atoms with Gasteiger partial charge in [0.15, 0.2) is 5.82 Å². The maximum atomic E-state index is 12.7. The molecular formula is C18H19N5O3. The van der Waals surface area contributed by atoms with Gasteiger partial charge in [-0.3, -0.25) is 9.59 Å². The summed E-state index contributed by atoms with van der Waals surface area (Å²) in [5, 5.41) is 6.54. The monoisotopic (exact) mass is 353 g/mol. The van der Waals surface area contributed by atoms with Gasteiger partial charge in [-0.2, -0.15) is 0 Å². The highest BCUT2D eigenvalue weighted by molar-refractivity contribution is 5.97. The molecule has 4 rings (SSSR count). The number of likely N-dealkylation sites (tertiary alicyclic amines) is 1. The fourth-order valence-corrected chi connectivity index (χ4v) is 3.25. The van der Waals surface area contributed by atoms with Crippen molar-refractivity contribution in [1.29, 1.82) is 0 Å². The molecule has 0 bridgehead atoms. The van der Waals surface area contributed by atoms with Crippen LogP contribution in [-0.4, -0.2) is 44.9 Å². The van der Waals surface area contributed by atoms with Gasteiger partial charge in [0.2, 0.25) is 5.91 Å². The number of hydrogen-bond donors (Lipinski definition) is 2. The number of carbonyl (C=O) groups excluding carboxylic acids is 2. The third-order valence-corrected chi connectivity index (χ3v) is 4.70. The third-order valence-electron chi connectivity index (χ3n) is 4.70. The SMILES string of the molecule is Cc1cc(NC(=O)C2CCN(C(=O)c3ccc4nc[nH]c4c3)CC2)no1. The Hall–Kier alpha value is -3.16. The molecule has 1 aliphatic rings. The Balaban J connectivity index is 1.36. The second-order valence-electron chi connectivity index (χ2n) is 6.51. The molecule has 0 spiro atoms. The van der Waals surface area contributed by atoms with Crippen molar-refractivity contribution in [2.24, 2.45) is 5.92 Å². The molecule has 2 aromatic heterocycles. The molecule has 1 aromatic carbocycles. The molecule has 1 fully saturated rings. The molecule has 0 atom stereocenters. The lowest BCUT2D eigenvalue weighted by Gasteiger charge is -2.31. The lowest BCUT2D eigenvalue weighted by Crippen LogP contribution is -2.41. The van der Waals surface area contributed by atoms with Crippen LogP contribution in [0.4, 0.5) is 5.82 Å². The van der Waals surface area contributed by atoms with Crippen molar-refractivity contribution >= 4 is 28.7 Å². The van der Waals surface area contributed by atoms with Crippen LogP contribution in [0.2, 0.25) is 0 Å². The molecule has 0 radical (unpaired) electrons. The van der Waals surface area contributed by atoms with Crippen LogP contribution in [0.5, 0.6) is 0 Å². The Kier molecular flexibility index (Phi) is 4.16. The van der Waals surface area contributed by atoms with Crippen molar-refractivity contribution in [2.75, 3.05) is 18.4 Å². The Morgan fingerprint density at radius 2 is 2.08 bits per heavy atom. The number of H-pyrrole nitrogens is 1. The van der Waals surface area contributed by atoms with Crippen LogP contribution < -0.4 is 5.32 Å². The average Bonchev–Trinajstić information content (AvgIpc) is 3.29. The summed E-state index contributed by atoms with van der Waals surface area (Å²) in [5.74, 6) is 0.844. The number of carbonyl (C=O) groups is 2. The first-order chi connectivity index (χ1) is 12.6. The molecule has 3 heterocycles. The molecule has 0 saturated carbocycles. The summed E-state index contributed by atoms with van der Waals surface area (Å²) in [4.78, 5) is 34.0. The summed E-state index contributed by atoms with van der Waals surface area (Å²) >= 11 is 0. The van der Waals surface area contributed by atoms with E-state index in [0.717, 1.165) is 11.0 Å². The van der Waals surface area contributed by atoms with Gasteiger partial charge in [-0.1, -0.05) is 5.16 Å². The minimum absolute atomic E-state index is 0.0208. The zero-order chi connectivity index (χ0) is 18.1. The van der Waals surface area contributed by atoms with Crippen molar-refractivity contribution < 1.29 is 14.1 Å². The minimum atomic E-state index is -0.133. The average molecular weight is 353 g/mol. The molecule has 26 heavy (non-hydrogen) atoms. The van der Waals surface area contributed by atoms with E-state index in [2.05, 4.69) is 20.4 Å². The van der Waals surface area contributed by atoms with Crippen LogP contribution in [-0.2, 0) is 4.79 Å². The largest absolute Gasteiger partial charge is 0.360 e. The van der Waals surface area contributed by atoms with Crippen molar-refractivity contribution in [2.45, 2.75) is 19.8 Å². The van der Waals surface area contributed by atoms with E-state index < -0.39 is 0 Å². The van der Waals surface area contributed by atoms with Crippen LogP contribution in [0, 0.1) is 12.8 Å². The van der Waals surface area contributed by atoms with E-state index in [4.69, 9.17) is 4.52 Å². The highest BCUT2D eigenvalue weighted by atomic mass is 16.5. The van der Waals surface area contributed by atoms with E-state index in [-0.39, 0.29) is 17.7 Å². The first-order valence-corrected chi connectivity index (χ1v) is 8.57. The zero-order valence-electron chi connectivity index (χ0n) is 14.4. The maximum Gasteiger partial charge on any atom is 0.253 e. The second kappa shape index (κ2) is 6.62. The molecule has 8 nitrogen and oxygen atoms in total. The number of aryl methyl sites for hydroxylation is 1. The molecule has 2 N–H and O–H groups in total. The lowest BCUT2D eigenvalue weighted by molar-refractivity contribution is -0.121. The number of aromatic nitrogens is 3. The number of nitrogens with one attached hydrogen (secondary N) is 2. The van der Waals surface area contributed by atoms with Gasteiger partial charge in [0.1, 0.15) is 5.76 Å². The van der Waals surface area contributed by atoms with E-state index in [0.29, 0.717) is 43.1 Å². The first kappa shape index (κ1) is 16.3. The number of nitrogens with zero attached hydrogens (tertiary/aromatic N) is 3. The maximum absolute atomic E-state index is 12.7. The predicted molar refractivity (Wildman–Crippen MR) is 94.6 cm³/mol. The highest BCUT2D eigenvalue weighted by Gasteiger charge is 2.28. The minimum Gasteiger partial charge on any atom is -0.360 e. The fraction of sp³-hybridized carbons (Fsp3) is 0.333. The van der Waals surface area contributed by atoms with Gasteiger partial charge in [-0.25, -0.2) is 4.98 Å². The smallest absolute Gasteiger partial charge is 0.253 e. The number of rotatable bonds is 3. The Bertz CT molecular complexity index is 953. The molecular weight excluding hydrogens is 334 g/mol. The van der Waals surface area contributed by atoms with Gasteiger partial charge in [-0.15, -0.1) is 0 Å². The number of benzene rings is 1. The predicted octanol–water partition coefficient (Wildman–Crippen LogP) is 2.35. The normalized spacial score (nSPS) is 15.3. The van der Waals surface area contributed by atoms with E-state index in [1.165, 1.54) is 0 Å². The van der Waals surface area contributed by atoms with Crippen molar-refractivity contribution in [3.63, 3.8) is 0 Å². The van der Waals surface area contributed by atoms with Crippen LogP contribution in [0.3, 0.4) is 0 Å². The molecule has 0 unspecified atom stereocenters. The van der Waals surface area contributed by atoms with Crippen LogP contribution >= 0.6 is 0 Å². The van der Waals surface area contributed by atoms with E-state index in [9.17, 15) is 9.59 Å². The molecule has 3 aromatic rings. The van der Waals surface area contributed by atoms with E-state index in [1.54, 1.807) is 30.3 Å². The number of hydrogen-bond acceptors (Lipinski definition) is 5. The van der Waals surface area contributed by atoms with Crippen molar-refractivity contribution in [3.8, 4) is 0 Å². The first-order valence-electron chi connectivity index (χ1n) is 8.57. The molecule has 134 valence electrons. The van der Waals surface area contributed by atoms with E-state index in [1.807, 2.05) is 12.1 Å². The quantitative estimate of drug-likeness (QED) is 0.752. The summed E-state index contributed by atoms with van der Waals surface area (Å²) in [7, 11) is 0. The van der Waals surface area contributed by atoms with E-state index >= 15 is 0 Å². The second-order valence-corrected chi connectivity index (χ2v) is 6.51. The standard InChI is InChI=1S/C18H19N5O3/c1-11-8-16(22-26-11)21-17(24)12-4-6-23(7-5-12)18(25)13-2-3-14-15(9-13)20-10-19-14/h2-3,8-10,12H,4-7H2,1H3,(H,19,20)(H,21,22,24). The van der Waals surface area contributed by atoms with Crippen LogP contribution in [0.25, 0.3) is 11.0 Å². The van der Waals surface area contributed by atoms with Gasteiger partial charge in [0.25, 0.3) is 5.91 Å². The fourth-order valence-electron chi connectivity index (χ4n) is 3.25. The molecule has 8 heteroatoms. The summed E-state index contributed by atoms with van der Waals surface area (Å²) in [6.45, 7) is 2.87. The highest BCUT2D eigenvalue weighted by Crippen LogP contribution is 2.22. The molecule has 0 aliphatic carbocycles. The third kappa shape index (κ3) is 3.17. The number of anilines is 1.